The predicted octanol–water partition coefficient (Wildman–Crippen LogP) is 4.55. The molecule has 3 aliphatic heterocycles. The Morgan fingerprint density at radius 2 is 1.83 bits per heavy atom. The number of piperidine rings is 1. The summed E-state index contributed by atoms with van der Waals surface area (Å²) in [6.07, 6.45) is 14.5. The van der Waals surface area contributed by atoms with Gasteiger partial charge in [0.2, 0.25) is 11.8 Å². The number of nitrogens with zero attached hydrogens (tertiary/aromatic N) is 2. The van der Waals surface area contributed by atoms with Crippen molar-refractivity contribution in [3.05, 3.63) is 11.6 Å². The van der Waals surface area contributed by atoms with Crippen LogP contribution in [0.1, 0.15) is 98.3 Å². The summed E-state index contributed by atoms with van der Waals surface area (Å²) in [5, 5.41) is 10.1. The number of allylic oxidation sites excluding steroid dienone is 1. The summed E-state index contributed by atoms with van der Waals surface area (Å²) in [6.45, 7) is 17.2. The SMILES string of the molecule is C[C@@H]1CC[C@@]2(NC1)O[C@H]1C[C@H]3C4CC=C5C[C@H](NC(=O)CC(=O)NCCCN6CCN(C)CC6)CC[C@]5(C)[C@H]4CC[C@]3(C)[C@H]1[C@@H]2C. The quantitative estimate of drug-likeness (QED) is 0.216. The van der Waals surface area contributed by atoms with Gasteiger partial charge in [-0.15, -0.1) is 0 Å². The molecule has 6 fully saturated rings. The molecule has 11 atom stereocenters. The topological polar surface area (TPSA) is 85.9 Å². The smallest absolute Gasteiger partial charge is 0.229 e. The van der Waals surface area contributed by atoms with Crippen LogP contribution in [0.25, 0.3) is 0 Å². The van der Waals surface area contributed by atoms with E-state index in [0.717, 1.165) is 88.6 Å². The Hall–Kier alpha value is -1.48. The van der Waals surface area contributed by atoms with Gasteiger partial charge in [-0.3, -0.25) is 14.9 Å². The Labute approximate surface area is 278 Å². The largest absolute Gasteiger partial charge is 0.357 e. The molecule has 7 aliphatic rings. The molecule has 8 nitrogen and oxygen atoms in total. The fourth-order valence-electron chi connectivity index (χ4n) is 12.1. The zero-order valence-electron chi connectivity index (χ0n) is 29.5. The molecule has 3 heterocycles. The molecule has 258 valence electrons. The van der Waals surface area contributed by atoms with Gasteiger partial charge in [0.1, 0.15) is 12.1 Å². The van der Waals surface area contributed by atoms with Crippen LogP contribution >= 0.6 is 0 Å². The fourth-order valence-corrected chi connectivity index (χ4v) is 12.1. The molecule has 8 heteroatoms. The lowest BCUT2D eigenvalue weighted by Crippen LogP contribution is -2.57. The Balaban J connectivity index is 0.905. The van der Waals surface area contributed by atoms with Crippen LogP contribution in [0.3, 0.4) is 0 Å². The number of carbonyl (C=O) groups excluding carboxylic acids is 2. The molecule has 4 aliphatic carbocycles. The number of rotatable bonds is 7. The number of likely N-dealkylation sites (N-methyl/N-ethyl adjacent to an activating group) is 1. The first-order valence-corrected chi connectivity index (χ1v) is 19.1. The summed E-state index contributed by atoms with van der Waals surface area (Å²) in [7, 11) is 2.17. The molecular formula is C38H63N5O3. The minimum atomic E-state index is -0.152. The summed E-state index contributed by atoms with van der Waals surface area (Å²) < 4.78 is 7.08. The van der Waals surface area contributed by atoms with E-state index in [4.69, 9.17) is 4.74 Å². The van der Waals surface area contributed by atoms with Gasteiger partial charge in [-0.25, -0.2) is 0 Å². The van der Waals surface area contributed by atoms with E-state index in [2.05, 4.69) is 66.6 Å². The van der Waals surface area contributed by atoms with Crippen LogP contribution in [0.15, 0.2) is 11.6 Å². The van der Waals surface area contributed by atoms with E-state index in [1.54, 1.807) is 5.57 Å². The van der Waals surface area contributed by atoms with Gasteiger partial charge in [0, 0.05) is 51.2 Å². The van der Waals surface area contributed by atoms with Crippen LogP contribution in [-0.4, -0.2) is 92.3 Å². The Kier molecular flexibility index (Phi) is 9.17. The van der Waals surface area contributed by atoms with Crippen LogP contribution in [0.2, 0.25) is 0 Å². The fraction of sp³-hybridized carbons (Fsp3) is 0.895. The van der Waals surface area contributed by atoms with Crippen molar-refractivity contribution in [3.63, 3.8) is 0 Å². The highest BCUT2D eigenvalue weighted by molar-refractivity contribution is 5.96. The number of piperazine rings is 1. The number of ether oxygens (including phenoxy) is 1. The van der Waals surface area contributed by atoms with Gasteiger partial charge < -0.3 is 25.2 Å². The van der Waals surface area contributed by atoms with Crippen molar-refractivity contribution in [1.29, 1.82) is 0 Å². The Bertz CT molecular complexity index is 1170. The van der Waals surface area contributed by atoms with Crippen molar-refractivity contribution in [2.75, 3.05) is 52.9 Å². The van der Waals surface area contributed by atoms with E-state index >= 15 is 0 Å². The zero-order chi connectivity index (χ0) is 32.3. The number of nitrogens with one attached hydrogen (secondary N) is 3. The van der Waals surface area contributed by atoms with Crippen molar-refractivity contribution < 1.29 is 14.3 Å². The Morgan fingerprint density at radius 1 is 1.02 bits per heavy atom. The van der Waals surface area contributed by atoms with Crippen molar-refractivity contribution >= 4 is 11.8 Å². The van der Waals surface area contributed by atoms with Crippen molar-refractivity contribution in [1.82, 2.24) is 25.8 Å². The average molecular weight is 638 g/mol. The van der Waals surface area contributed by atoms with Gasteiger partial charge in [0.15, 0.2) is 0 Å². The number of hydrogen-bond acceptors (Lipinski definition) is 6. The van der Waals surface area contributed by atoms with Crippen LogP contribution < -0.4 is 16.0 Å². The van der Waals surface area contributed by atoms with E-state index in [0.29, 0.717) is 29.9 Å². The van der Waals surface area contributed by atoms with Crippen molar-refractivity contribution in [3.8, 4) is 0 Å². The van der Waals surface area contributed by atoms with Gasteiger partial charge in [-0.2, -0.15) is 0 Å². The van der Waals surface area contributed by atoms with E-state index in [-0.39, 0.29) is 35.4 Å². The van der Waals surface area contributed by atoms with E-state index in [1.807, 2.05) is 0 Å². The summed E-state index contributed by atoms with van der Waals surface area (Å²) in [4.78, 5) is 30.2. The third-order valence-electron chi connectivity index (χ3n) is 14.8. The standard InChI is InChI=1S/C38H63N5O3/c1-25-9-14-38(40-24-25)26(2)35-32(46-38)22-31-29-8-7-27-21-28(10-12-36(27,3)30(29)11-13-37(31,35)4)41-34(45)23-33(44)39-15-6-16-43-19-17-42(5)18-20-43/h7,25-26,28-32,35,40H,6,8-24H2,1-5H3,(H,39,44)(H,41,45)/t25-,26+,28-,29?,30+,31+,32+,35+,36+,37+,38-/m1/s1. The number of hydrogen-bond donors (Lipinski definition) is 3. The molecule has 46 heavy (non-hydrogen) atoms. The molecule has 7 rings (SSSR count). The molecule has 0 radical (unpaired) electrons. The van der Waals surface area contributed by atoms with Gasteiger partial charge >= 0.3 is 0 Å². The summed E-state index contributed by atoms with van der Waals surface area (Å²) >= 11 is 0. The normalized spacial score (nSPS) is 45.7. The van der Waals surface area contributed by atoms with Crippen LogP contribution in [0.4, 0.5) is 0 Å². The highest BCUT2D eigenvalue weighted by Crippen LogP contribution is 2.70. The molecule has 0 bridgehead atoms. The molecular weight excluding hydrogens is 574 g/mol. The second kappa shape index (κ2) is 12.8. The molecule has 3 saturated carbocycles. The molecule has 1 spiro atoms. The van der Waals surface area contributed by atoms with E-state index < -0.39 is 0 Å². The second-order valence-electron chi connectivity index (χ2n) is 17.5. The maximum Gasteiger partial charge on any atom is 0.229 e. The molecule has 0 aromatic carbocycles. The number of fused-ring (bicyclic) bond motifs is 7. The maximum atomic E-state index is 12.9. The van der Waals surface area contributed by atoms with Crippen LogP contribution in [0.5, 0.6) is 0 Å². The predicted molar refractivity (Wildman–Crippen MR) is 182 cm³/mol. The number of amides is 2. The number of carbonyl (C=O) groups is 2. The van der Waals surface area contributed by atoms with Gasteiger partial charge in [-0.05, 0) is 118 Å². The molecule has 2 amide bonds. The summed E-state index contributed by atoms with van der Waals surface area (Å²) in [5.74, 6) is 3.93. The lowest BCUT2D eigenvalue weighted by Gasteiger charge is -2.58. The Morgan fingerprint density at radius 3 is 2.59 bits per heavy atom. The first-order valence-electron chi connectivity index (χ1n) is 19.1. The van der Waals surface area contributed by atoms with Crippen LogP contribution in [-0.2, 0) is 14.3 Å². The molecule has 0 aromatic heterocycles. The first kappa shape index (κ1) is 33.0. The maximum absolute atomic E-state index is 12.9. The third kappa shape index (κ3) is 5.89. The van der Waals surface area contributed by atoms with Gasteiger partial charge in [0.05, 0.1) is 6.10 Å². The molecule has 0 aromatic rings. The zero-order valence-corrected chi connectivity index (χ0v) is 29.5. The van der Waals surface area contributed by atoms with Crippen molar-refractivity contribution in [2.45, 2.75) is 116 Å². The highest BCUT2D eigenvalue weighted by Gasteiger charge is 2.68. The summed E-state index contributed by atoms with van der Waals surface area (Å²) in [5.41, 5.74) is 2.09. The minimum absolute atomic E-state index is 0.0645. The first-order chi connectivity index (χ1) is 22.0. The molecule has 3 N–H and O–H groups in total. The van der Waals surface area contributed by atoms with Gasteiger partial charge in [-0.1, -0.05) is 39.3 Å². The second-order valence-corrected chi connectivity index (χ2v) is 17.5. The molecule has 3 saturated heterocycles. The molecule has 1 unspecified atom stereocenters. The highest BCUT2D eigenvalue weighted by atomic mass is 16.5. The monoisotopic (exact) mass is 637 g/mol. The van der Waals surface area contributed by atoms with Gasteiger partial charge in [0.25, 0.3) is 0 Å². The third-order valence-corrected chi connectivity index (χ3v) is 14.8. The lowest BCUT2D eigenvalue weighted by atomic mass is 9.46. The minimum Gasteiger partial charge on any atom is -0.357 e. The summed E-state index contributed by atoms with van der Waals surface area (Å²) in [6, 6.07) is 0.143. The van der Waals surface area contributed by atoms with Crippen LogP contribution in [0, 0.1) is 46.3 Å². The van der Waals surface area contributed by atoms with Crippen molar-refractivity contribution in [2.24, 2.45) is 46.3 Å². The van der Waals surface area contributed by atoms with E-state index in [1.165, 1.54) is 38.5 Å². The lowest BCUT2D eigenvalue weighted by molar-refractivity contribution is -0.129. The van der Waals surface area contributed by atoms with E-state index in [9.17, 15) is 9.59 Å². The average Bonchev–Trinajstić information content (AvgIpc) is 3.47.